The number of nitrogens with one attached hydrogen (secondary N) is 1. The molecule has 0 aliphatic rings. The zero-order valence-electron chi connectivity index (χ0n) is 11.3. The Hall–Kier alpha value is -2.70. The van der Waals surface area contributed by atoms with Crippen molar-refractivity contribution in [2.24, 2.45) is 0 Å². The number of rotatable bonds is 6. The third-order valence-corrected chi connectivity index (χ3v) is 2.30. The Balaban J connectivity index is 2.55. The van der Waals surface area contributed by atoms with Crippen molar-refractivity contribution < 1.29 is 28.6 Å². The molecule has 21 heavy (non-hydrogen) atoms. The molecule has 0 spiro atoms. The van der Waals surface area contributed by atoms with Crippen molar-refractivity contribution in [2.45, 2.75) is 19.9 Å². The number of aliphatic carboxylic acids is 1. The number of ether oxygens (including phenoxy) is 1. The molecule has 6 nitrogen and oxygen atoms in total. The molecule has 0 aliphatic heterocycles. The normalized spacial score (nSPS) is 10.9. The lowest BCUT2D eigenvalue weighted by Gasteiger charge is -2.08. The molecule has 0 saturated heterocycles. The van der Waals surface area contributed by atoms with Crippen molar-refractivity contribution in [2.75, 3.05) is 0 Å². The zero-order valence-corrected chi connectivity index (χ0v) is 11.3. The average molecular weight is 295 g/mol. The van der Waals surface area contributed by atoms with Crippen molar-refractivity contribution in [3.05, 3.63) is 47.5 Å². The highest BCUT2D eigenvalue weighted by molar-refractivity contribution is 5.84. The van der Waals surface area contributed by atoms with Crippen LogP contribution in [0.3, 0.4) is 0 Å². The van der Waals surface area contributed by atoms with Crippen LogP contribution in [-0.4, -0.2) is 23.0 Å². The van der Waals surface area contributed by atoms with Crippen molar-refractivity contribution >= 4 is 17.8 Å². The van der Waals surface area contributed by atoms with Crippen molar-refractivity contribution in [1.82, 2.24) is 5.32 Å². The molecule has 1 amide bonds. The lowest BCUT2D eigenvalue weighted by atomic mass is 10.2. The Labute approximate surface area is 120 Å². The monoisotopic (exact) mass is 295 g/mol. The molecular weight excluding hydrogens is 281 g/mol. The summed E-state index contributed by atoms with van der Waals surface area (Å²) in [5.41, 5.74) is 0.681. The van der Waals surface area contributed by atoms with E-state index in [0.29, 0.717) is 11.6 Å². The van der Waals surface area contributed by atoms with E-state index in [0.717, 1.165) is 6.92 Å². The van der Waals surface area contributed by atoms with E-state index in [1.807, 2.05) is 0 Å². The van der Waals surface area contributed by atoms with Gasteiger partial charge < -0.3 is 15.2 Å². The molecule has 1 rings (SSSR count). The highest BCUT2D eigenvalue weighted by Crippen LogP contribution is 2.06. The molecule has 0 saturated carbocycles. The number of esters is 1. The minimum atomic E-state index is -1.32. The van der Waals surface area contributed by atoms with Gasteiger partial charge in [-0.2, -0.15) is 0 Å². The van der Waals surface area contributed by atoms with Crippen LogP contribution in [0.15, 0.2) is 36.1 Å². The van der Waals surface area contributed by atoms with Crippen LogP contribution in [0.2, 0.25) is 0 Å². The molecule has 112 valence electrons. The van der Waals surface area contributed by atoms with Gasteiger partial charge in [-0.3, -0.25) is 9.59 Å². The number of hydrogen-bond acceptors (Lipinski definition) is 4. The van der Waals surface area contributed by atoms with Gasteiger partial charge in [-0.05, 0) is 17.7 Å². The molecule has 1 aromatic rings. The average Bonchev–Trinajstić information content (AvgIpc) is 2.36. The first-order valence-electron chi connectivity index (χ1n) is 6.00. The molecule has 2 N–H and O–H groups in total. The van der Waals surface area contributed by atoms with Crippen LogP contribution in [-0.2, 0) is 25.7 Å². The van der Waals surface area contributed by atoms with E-state index >= 15 is 0 Å². The van der Waals surface area contributed by atoms with Crippen LogP contribution >= 0.6 is 0 Å². The van der Waals surface area contributed by atoms with Gasteiger partial charge in [0, 0.05) is 13.5 Å². The first-order valence-corrected chi connectivity index (χ1v) is 6.00. The molecule has 0 heterocycles. The highest BCUT2D eigenvalue weighted by Gasteiger charge is 2.11. The van der Waals surface area contributed by atoms with Crippen LogP contribution in [0.4, 0.5) is 4.39 Å². The summed E-state index contributed by atoms with van der Waals surface area (Å²) in [7, 11) is 0. The van der Waals surface area contributed by atoms with Crippen LogP contribution < -0.4 is 5.32 Å². The smallest absolute Gasteiger partial charge is 0.331 e. The summed E-state index contributed by atoms with van der Waals surface area (Å²) in [6.45, 7) is 1.26. The fraction of sp³-hybridized carbons (Fsp3) is 0.214. The Morgan fingerprint density at radius 1 is 1.29 bits per heavy atom. The third kappa shape index (κ3) is 6.86. The molecule has 0 aliphatic carbocycles. The fourth-order valence-corrected chi connectivity index (χ4v) is 1.46. The molecule has 7 heteroatoms. The van der Waals surface area contributed by atoms with Gasteiger partial charge in [-0.1, -0.05) is 12.1 Å². The minimum Gasteiger partial charge on any atom is -0.478 e. The van der Waals surface area contributed by atoms with Gasteiger partial charge in [0.2, 0.25) is 5.91 Å². The highest BCUT2D eigenvalue weighted by atomic mass is 19.1. The van der Waals surface area contributed by atoms with Crippen LogP contribution in [0, 0.1) is 5.82 Å². The summed E-state index contributed by atoms with van der Waals surface area (Å²) < 4.78 is 17.3. The maximum atomic E-state index is 12.7. The van der Waals surface area contributed by atoms with Crippen molar-refractivity contribution in [3.63, 3.8) is 0 Å². The Bertz CT molecular complexity index is 565. The van der Waals surface area contributed by atoms with E-state index in [2.05, 4.69) is 10.1 Å². The quantitative estimate of drug-likeness (QED) is 0.469. The number of carboxylic acids is 1. The SMILES string of the molecule is CC(=O)O/C(=C\C(=O)O)CC(=O)NCc1ccc(F)cc1. The van der Waals surface area contributed by atoms with Gasteiger partial charge in [0.25, 0.3) is 0 Å². The minimum absolute atomic E-state index is 0.152. The van der Waals surface area contributed by atoms with E-state index in [-0.39, 0.29) is 24.5 Å². The van der Waals surface area contributed by atoms with Crippen LogP contribution in [0.1, 0.15) is 18.9 Å². The van der Waals surface area contributed by atoms with Gasteiger partial charge in [0.15, 0.2) is 0 Å². The Morgan fingerprint density at radius 2 is 1.90 bits per heavy atom. The summed E-state index contributed by atoms with van der Waals surface area (Å²) in [6, 6.07) is 5.54. The predicted octanol–water partition coefficient (Wildman–Crippen LogP) is 1.36. The second kappa shape index (κ2) is 7.78. The van der Waals surface area contributed by atoms with E-state index in [4.69, 9.17) is 5.11 Å². The number of hydrogen-bond donors (Lipinski definition) is 2. The van der Waals surface area contributed by atoms with Gasteiger partial charge >= 0.3 is 11.9 Å². The number of halogens is 1. The first kappa shape index (κ1) is 16.4. The summed E-state index contributed by atoms with van der Waals surface area (Å²) in [5.74, 6) is -3.20. The van der Waals surface area contributed by atoms with E-state index in [9.17, 15) is 18.8 Å². The third-order valence-electron chi connectivity index (χ3n) is 2.30. The lowest BCUT2D eigenvalue weighted by molar-refractivity contribution is -0.137. The molecule has 0 atom stereocenters. The van der Waals surface area contributed by atoms with Gasteiger partial charge in [0.05, 0.1) is 12.5 Å². The molecule has 0 fully saturated rings. The second-order valence-electron chi connectivity index (χ2n) is 4.12. The van der Waals surface area contributed by atoms with E-state index in [1.54, 1.807) is 0 Å². The summed E-state index contributed by atoms with van der Waals surface area (Å²) in [6.07, 6.45) is 0.270. The Kier molecular flexibility index (Phi) is 6.06. The largest absolute Gasteiger partial charge is 0.478 e. The molecule has 0 unspecified atom stereocenters. The number of carbonyl (C=O) groups excluding carboxylic acids is 2. The number of benzene rings is 1. The van der Waals surface area contributed by atoms with Crippen molar-refractivity contribution in [1.29, 1.82) is 0 Å². The predicted molar refractivity (Wildman–Crippen MR) is 70.3 cm³/mol. The molecule has 1 aromatic carbocycles. The molecule has 0 radical (unpaired) electrons. The number of carboxylic acid groups (broad SMARTS) is 1. The molecular formula is C14H14FNO5. The first-order chi connectivity index (χ1) is 9.86. The maximum absolute atomic E-state index is 12.7. The summed E-state index contributed by atoms with van der Waals surface area (Å²) >= 11 is 0. The van der Waals surface area contributed by atoms with Gasteiger partial charge in [-0.25, -0.2) is 9.18 Å². The number of carbonyl (C=O) groups is 3. The summed E-state index contributed by atoms with van der Waals surface area (Å²) in [5, 5.41) is 11.1. The Morgan fingerprint density at radius 3 is 2.43 bits per heavy atom. The topological polar surface area (TPSA) is 92.7 Å². The maximum Gasteiger partial charge on any atom is 0.331 e. The molecule has 0 bridgehead atoms. The standard InChI is InChI=1S/C14H14FNO5/c1-9(17)21-12(7-14(19)20)6-13(18)16-8-10-2-4-11(15)5-3-10/h2-5,7H,6,8H2,1H3,(H,16,18)(H,19,20)/b12-7-. The fourth-order valence-electron chi connectivity index (χ4n) is 1.46. The second-order valence-corrected chi connectivity index (χ2v) is 4.12. The van der Waals surface area contributed by atoms with Crippen molar-refractivity contribution in [3.8, 4) is 0 Å². The van der Waals surface area contributed by atoms with E-state index < -0.39 is 17.8 Å². The summed E-state index contributed by atoms with van der Waals surface area (Å²) in [4.78, 5) is 33.0. The molecule has 0 aromatic heterocycles. The lowest BCUT2D eigenvalue weighted by Crippen LogP contribution is -2.24. The van der Waals surface area contributed by atoms with Crippen LogP contribution in [0.5, 0.6) is 0 Å². The van der Waals surface area contributed by atoms with Gasteiger partial charge in [-0.15, -0.1) is 0 Å². The van der Waals surface area contributed by atoms with Crippen LogP contribution in [0.25, 0.3) is 0 Å². The van der Waals surface area contributed by atoms with E-state index in [1.165, 1.54) is 24.3 Å². The number of amides is 1. The zero-order chi connectivity index (χ0) is 15.8. The van der Waals surface area contributed by atoms with Gasteiger partial charge in [0.1, 0.15) is 11.6 Å².